The molecule has 1 N–H and O–H groups in total. The summed E-state index contributed by atoms with van der Waals surface area (Å²) < 4.78 is 6.03. The van der Waals surface area contributed by atoms with E-state index in [0.717, 1.165) is 19.7 Å². The summed E-state index contributed by atoms with van der Waals surface area (Å²) in [6, 6.07) is 1.38. The van der Waals surface area contributed by atoms with Crippen LogP contribution in [0.15, 0.2) is 0 Å². The van der Waals surface area contributed by atoms with Crippen molar-refractivity contribution in [3.8, 4) is 0 Å². The van der Waals surface area contributed by atoms with E-state index >= 15 is 0 Å². The largest absolute Gasteiger partial charge is 0.378 e. The molecule has 0 aromatic rings. The van der Waals surface area contributed by atoms with E-state index in [1.54, 1.807) is 0 Å². The highest BCUT2D eigenvalue weighted by Crippen LogP contribution is 2.53. The van der Waals surface area contributed by atoms with Gasteiger partial charge in [-0.3, -0.25) is 0 Å². The molecule has 2 rings (SSSR count). The van der Waals surface area contributed by atoms with Crippen molar-refractivity contribution in [3.63, 3.8) is 0 Å². The average Bonchev–Trinajstić information content (AvgIpc) is 2.53. The summed E-state index contributed by atoms with van der Waals surface area (Å²) in [7, 11) is 2.25. The number of nitrogens with one attached hydrogen (secondary N) is 1. The Morgan fingerprint density at radius 3 is 2.57 bits per heavy atom. The first-order valence-electron chi connectivity index (χ1n) is 9.19. The van der Waals surface area contributed by atoms with Crippen LogP contribution in [0.2, 0.25) is 0 Å². The maximum atomic E-state index is 6.03. The molecule has 2 aliphatic rings. The van der Waals surface area contributed by atoms with Gasteiger partial charge in [-0.05, 0) is 46.6 Å². The summed E-state index contributed by atoms with van der Waals surface area (Å²) in [4.78, 5) is 2.47. The second-order valence-corrected chi connectivity index (χ2v) is 7.22. The molecule has 0 heterocycles. The lowest BCUT2D eigenvalue weighted by Crippen LogP contribution is -2.65. The molecule has 0 saturated heterocycles. The zero-order valence-electron chi connectivity index (χ0n) is 14.7. The van der Waals surface area contributed by atoms with E-state index in [9.17, 15) is 0 Å². The standard InChI is InChI=1S/C18H36N2O/c1-5-15(3)20(4)13-12-19-16-14-17(21-6-2)18(16)10-8-7-9-11-18/h15-17,19H,5-14H2,1-4H3. The Balaban J connectivity index is 1.80. The Labute approximate surface area is 131 Å². The third-order valence-corrected chi connectivity index (χ3v) is 6.14. The minimum Gasteiger partial charge on any atom is -0.378 e. The lowest BCUT2D eigenvalue weighted by molar-refractivity contribution is -0.150. The summed E-state index contributed by atoms with van der Waals surface area (Å²) in [6.07, 6.45) is 9.93. The third-order valence-electron chi connectivity index (χ3n) is 6.14. The van der Waals surface area contributed by atoms with Crippen molar-refractivity contribution in [3.05, 3.63) is 0 Å². The van der Waals surface area contributed by atoms with E-state index in [1.165, 1.54) is 44.9 Å². The molecular weight excluding hydrogens is 260 g/mol. The van der Waals surface area contributed by atoms with Gasteiger partial charge in [0, 0.05) is 37.2 Å². The van der Waals surface area contributed by atoms with Crippen LogP contribution in [0.4, 0.5) is 0 Å². The SMILES string of the molecule is CCOC1CC(NCCN(C)C(C)CC)C12CCCCC2. The molecule has 0 aromatic carbocycles. The van der Waals surface area contributed by atoms with Gasteiger partial charge < -0.3 is 15.0 Å². The molecule has 21 heavy (non-hydrogen) atoms. The van der Waals surface area contributed by atoms with Crippen LogP contribution < -0.4 is 5.32 Å². The van der Waals surface area contributed by atoms with Crippen molar-refractivity contribution < 1.29 is 4.74 Å². The maximum absolute atomic E-state index is 6.03. The summed E-state index contributed by atoms with van der Waals surface area (Å²) in [6.45, 7) is 9.86. The van der Waals surface area contributed by atoms with E-state index in [0.29, 0.717) is 23.6 Å². The van der Waals surface area contributed by atoms with Crippen LogP contribution in [-0.2, 0) is 4.74 Å². The quantitative estimate of drug-likeness (QED) is 0.742. The molecule has 0 amide bonds. The summed E-state index contributed by atoms with van der Waals surface area (Å²) >= 11 is 0. The van der Waals surface area contributed by atoms with E-state index in [4.69, 9.17) is 4.74 Å². The van der Waals surface area contributed by atoms with Gasteiger partial charge in [0.05, 0.1) is 6.10 Å². The van der Waals surface area contributed by atoms with Crippen LogP contribution >= 0.6 is 0 Å². The molecule has 3 nitrogen and oxygen atoms in total. The van der Waals surface area contributed by atoms with Gasteiger partial charge in [-0.2, -0.15) is 0 Å². The number of likely N-dealkylation sites (N-methyl/N-ethyl adjacent to an activating group) is 1. The fourth-order valence-electron chi connectivity index (χ4n) is 4.30. The van der Waals surface area contributed by atoms with Crippen molar-refractivity contribution in [2.45, 2.75) is 83.9 Å². The minimum atomic E-state index is 0.462. The third kappa shape index (κ3) is 3.80. The number of ether oxygens (including phenoxy) is 1. The predicted octanol–water partition coefficient (Wildman–Crippen LogP) is 3.43. The van der Waals surface area contributed by atoms with Crippen molar-refractivity contribution >= 4 is 0 Å². The molecule has 2 saturated carbocycles. The van der Waals surface area contributed by atoms with Crippen LogP contribution in [0.1, 0.15) is 65.7 Å². The van der Waals surface area contributed by atoms with Gasteiger partial charge in [0.2, 0.25) is 0 Å². The first-order valence-corrected chi connectivity index (χ1v) is 9.19. The monoisotopic (exact) mass is 296 g/mol. The highest BCUT2D eigenvalue weighted by molar-refractivity contribution is 5.08. The highest BCUT2D eigenvalue weighted by atomic mass is 16.5. The molecule has 3 atom stereocenters. The molecule has 124 valence electrons. The maximum Gasteiger partial charge on any atom is 0.0661 e. The van der Waals surface area contributed by atoms with Crippen molar-refractivity contribution in [1.82, 2.24) is 10.2 Å². The summed E-state index contributed by atoms with van der Waals surface area (Å²) in [5.74, 6) is 0. The molecule has 3 heteroatoms. The van der Waals surface area contributed by atoms with Gasteiger partial charge >= 0.3 is 0 Å². The van der Waals surface area contributed by atoms with Gasteiger partial charge in [0.1, 0.15) is 0 Å². The van der Waals surface area contributed by atoms with Crippen LogP contribution in [0, 0.1) is 5.41 Å². The van der Waals surface area contributed by atoms with Crippen LogP contribution in [-0.4, -0.2) is 49.8 Å². The van der Waals surface area contributed by atoms with E-state index in [-0.39, 0.29) is 0 Å². The van der Waals surface area contributed by atoms with Crippen LogP contribution in [0.5, 0.6) is 0 Å². The Morgan fingerprint density at radius 2 is 1.95 bits per heavy atom. The van der Waals surface area contributed by atoms with Gasteiger partial charge in [0.25, 0.3) is 0 Å². The molecule has 0 radical (unpaired) electrons. The smallest absolute Gasteiger partial charge is 0.0661 e. The molecule has 0 aliphatic heterocycles. The number of hydrogen-bond donors (Lipinski definition) is 1. The van der Waals surface area contributed by atoms with Gasteiger partial charge in [-0.15, -0.1) is 0 Å². The second-order valence-electron chi connectivity index (χ2n) is 7.22. The zero-order chi connectivity index (χ0) is 15.3. The Morgan fingerprint density at radius 1 is 1.24 bits per heavy atom. The van der Waals surface area contributed by atoms with E-state index in [2.05, 4.69) is 38.0 Å². The first kappa shape index (κ1) is 17.2. The lowest BCUT2D eigenvalue weighted by atomic mass is 9.55. The Hall–Kier alpha value is -0.120. The van der Waals surface area contributed by atoms with Gasteiger partial charge in [-0.25, -0.2) is 0 Å². The number of nitrogens with zero attached hydrogens (tertiary/aromatic N) is 1. The van der Waals surface area contributed by atoms with Crippen molar-refractivity contribution in [2.24, 2.45) is 5.41 Å². The first-order chi connectivity index (χ1) is 10.1. The molecule has 1 spiro atoms. The van der Waals surface area contributed by atoms with Crippen molar-refractivity contribution in [2.75, 3.05) is 26.7 Å². The molecule has 0 bridgehead atoms. The van der Waals surface area contributed by atoms with Crippen molar-refractivity contribution in [1.29, 1.82) is 0 Å². The minimum absolute atomic E-state index is 0.462. The fraction of sp³-hybridized carbons (Fsp3) is 1.00. The normalized spacial score (nSPS) is 29.6. The second kappa shape index (κ2) is 7.94. The molecule has 2 aliphatic carbocycles. The van der Waals surface area contributed by atoms with Crippen LogP contribution in [0.3, 0.4) is 0 Å². The molecule has 2 fully saturated rings. The lowest BCUT2D eigenvalue weighted by Gasteiger charge is -2.58. The molecular formula is C18H36N2O. The van der Waals surface area contributed by atoms with E-state index < -0.39 is 0 Å². The fourth-order valence-corrected chi connectivity index (χ4v) is 4.30. The van der Waals surface area contributed by atoms with Crippen LogP contribution in [0.25, 0.3) is 0 Å². The number of hydrogen-bond acceptors (Lipinski definition) is 3. The summed E-state index contributed by atoms with van der Waals surface area (Å²) in [5.41, 5.74) is 0.462. The molecule has 0 aromatic heterocycles. The average molecular weight is 296 g/mol. The van der Waals surface area contributed by atoms with Gasteiger partial charge in [-0.1, -0.05) is 26.2 Å². The molecule has 3 unspecified atom stereocenters. The summed E-state index contributed by atoms with van der Waals surface area (Å²) in [5, 5.41) is 3.86. The highest BCUT2D eigenvalue weighted by Gasteiger charge is 2.55. The topological polar surface area (TPSA) is 24.5 Å². The van der Waals surface area contributed by atoms with E-state index in [1.807, 2.05) is 0 Å². The predicted molar refractivity (Wildman–Crippen MR) is 89.7 cm³/mol. The zero-order valence-corrected chi connectivity index (χ0v) is 14.7. The Bertz CT molecular complexity index is 302. The van der Waals surface area contributed by atoms with Gasteiger partial charge in [0.15, 0.2) is 0 Å². The number of rotatable bonds is 8. The Kier molecular flexibility index (Phi) is 6.51.